The minimum absolute atomic E-state index is 0.0970. The number of amides is 1. The molecule has 2 aliphatic rings. The molecule has 0 aromatic carbocycles. The zero-order valence-electron chi connectivity index (χ0n) is 14.8. The van der Waals surface area contributed by atoms with Gasteiger partial charge in [0.05, 0.1) is 17.8 Å². The summed E-state index contributed by atoms with van der Waals surface area (Å²) in [6.45, 7) is 5.86. The van der Waals surface area contributed by atoms with E-state index in [1.807, 2.05) is 12.3 Å². The number of fused-ring (bicyclic) bond motifs is 1. The molecule has 2 aliphatic heterocycles. The monoisotopic (exact) mass is 339 g/mol. The summed E-state index contributed by atoms with van der Waals surface area (Å²) < 4.78 is 0. The fraction of sp³-hybridized carbons (Fsp3) is 0.579. The second-order valence-corrected chi connectivity index (χ2v) is 7.39. The Labute approximate surface area is 148 Å². The smallest absolute Gasteiger partial charge is 0.227 e. The van der Waals surface area contributed by atoms with Gasteiger partial charge in [-0.2, -0.15) is 0 Å². The molecule has 4 rings (SSSR count). The molecule has 1 amide bonds. The van der Waals surface area contributed by atoms with Gasteiger partial charge in [-0.25, -0.2) is 9.97 Å². The Morgan fingerprint density at radius 2 is 1.88 bits per heavy atom. The Morgan fingerprint density at radius 3 is 2.72 bits per heavy atom. The standard InChI is InChI=1S/C19H25N5O/c1-14-4-9-23(10-5-14)19(25)15-3-2-8-24(13-15)16-11-17-18(22-12-16)21-7-6-20-17/h6-7,11-12,14-15H,2-5,8-10,13H2,1H3. The van der Waals surface area contributed by atoms with Crippen LogP contribution in [0.4, 0.5) is 5.69 Å². The molecule has 4 heterocycles. The zero-order chi connectivity index (χ0) is 17.2. The molecule has 0 aliphatic carbocycles. The third-order valence-corrected chi connectivity index (χ3v) is 5.54. The van der Waals surface area contributed by atoms with Crippen LogP contribution in [0.15, 0.2) is 24.7 Å². The minimum atomic E-state index is 0.0970. The maximum Gasteiger partial charge on any atom is 0.227 e. The molecule has 0 radical (unpaired) electrons. The Balaban J connectivity index is 1.47. The highest BCUT2D eigenvalue weighted by Gasteiger charge is 2.31. The fourth-order valence-electron chi connectivity index (χ4n) is 3.92. The molecule has 0 spiro atoms. The normalized spacial score (nSPS) is 22.4. The molecule has 6 nitrogen and oxygen atoms in total. The maximum atomic E-state index is 12.9. The van der Waals surface area contributed by atoms with Crippen LogP contribution in [-0.2, 0) is 4.79 Å². The lowest BCUT2D eigenvalue weighted by molar-refractivity contribution is -0.137. The van der Waals surface area contributed by atoms with Gasteiger partial charge in [0, 0.05) is 38.6 Å². The first-order valence-corrected chi connectivity index (χ1v) is 9.31. The summed E-state index contributed by atoms with van der Waals surface area (Å²) in [6.07, 6.45) is 9.50. The number of rotatable bonds is 2. The first-order chi connectivity index (χ1) is 12.2. The van der Waals surface area contributed by atoms with Gasteiger partial charge in [0.25, 0.3) is 0 Å². The number of likely N-dealkylation sites (tertiary alicyclic amines) is 1. The van der Waals surface area contributed by atoms with Crippen molar-refractivity contribution >= 4 is 22.8 Å². The van der Waals surface area contributed by atoms with Gasteiger partial charge in [-0.1, -0.05) is 6.92 Å². The summed E-state index contributed by atoms with van der Waals surface area (Å²) in [4.78, 5) is 30.3. The van der Waals surface area contributed by atoms with Crippen LogP contribution in [0.2, 0.25) is 0 Å². The first-order valence-electron chi connectivity index (χ1n) is 9.31. The third-order valence-electron chi connectivity index (χ3n) is 5.54. The van der Waals surface area contributed by atoms with Crippen LogP contribution < -0.4 is 4.90 Å². The van der Waals surface area contributed by atoms with Crippen LogP contribution in [-0.4, -0.2) is 51.9 Å². The van der Waals surface area contributed by atoms with Gasteiger partial charge >= 0.3 is 0 Å². The van der Waals surface area contributed by atoms with Crippen molar-refractivity contribution in [2.24, 2.45) is 11.8 Å². The van der Waals surface area contributed by atoms with E-state index in [2.05, 4.69) is 31.7 Å². The summed E-state index contributed by atoms with van der Waals surface area (Å²) in [6, 6.07) is 2.03. The van der Waals surface area contributed by atoms with Gasteiger partial charge in [-0.15, -0.1) is 0 Å². The van der Waals surface area contributed by atoms with Gasteiger partial charge in [-0.05, 0) is 37.7 Å². The van der Waals surface area contributed by atoms with Crippen molar-refractivity contribution in [3.05, 3.63) is 24.7 Å². The fourth-order valence-corrected chi connectivity index (χ4v) is 3.92. The van der Waals surface area contributed by atoms with E-state index in [0.29, 0.717) is 11.6 Å². The predicted molar refractivity (Wildman–Crippen MR) is 97.2 cm³/mol. The first kappa shape index (κ1) is 16.2. The van der Waals surface area contributed by atoms with E-state index < -0.39 is 0 Å². The summed E-state index contributed by atoms with van der Waals surface area (Å²) in [7, 11) is 0. The summed E-state index contributed by atoms with van der Waals surface area (Å²) in [5.41, 5.74) is 2.51. The summed E-state index contributed by atoms with van der Waals surface area (Å²) >= 11 is 0. The van der Waals surface area contributed by atoms with Gasteiger partial charge in [0.1, 0.15) is 5.52 Å². The van der Waals surface area contributed by atoms with Gasteiger partial charge in [-0.3, -0.25) is 9.78 Å². The highest BCUT2D eigenvalue weighted by molar-refractivity contribution is 5.80. The second kappa shape index (κ2) is 6.94. The molecule has 2 aromatic rings. The largest absolute Gasteiger partial charge is 0.369 e. The lowest BCUT2D eigenvalue weighted by Gasteiger charge is -2.38. The van der Waals surface area contributed by atoms with Gasteiger partial charge in [0.2, 0.25) is 5.91 Å². The SMILES string of the molecule is CC1CCN(C(=O)C2CCCN(c3cnc4nccnc4c3)C2)CC1. The molecule has 0 N–H and O–H groups in total. The molecule has 0 bridgehead atoms. The molecule has 6 heteroatoms. The lowest BCUT2D eigenvalue weighted by Crippen LogP contribution is -2.47. The van der Waals surface area contributed by atoms with E-state index in [1.165, 1.54) is 0 Å². The highest BCUT2D eigenvalue weighted by atomic mass is 16.2. The number of hydrogen-bond acceptors (Lipinski definition) is 5. The van der Waals surface area contributed by atoms with E-state index in [1.54, 1.807) is 12.4 Å². The molecule has 2 fully saturated rings. The Kier molecular flexibility index (Phi) is 4.51. The molecule has 25 heavy (non-hydrogen) atoms. The van der Waals surface area contributed by atoms with E-state index in [4.69, 9.17) is 0 Å². The van der Waals surface area contributed by atoms with Crippen LogP contribution in [0.3, 0.4) is 0 Å². The van der Waals surface area contributed by atoms with Crippen molar-refractivity contribution < 1.29 is 4.79 Å². The molecule has 132 valence electrons. The average Bonchev–Trinajstić information content (AvgIpc) is 2.68. The molecule has 2 aromatic heterocycles. The summed E-state index contributed by atoms with van der Waals surface area (Å²) in [5, 5.41) is 0. The van der Waals surface area contributed by atoms with Crippen molar-refractivity contribution in [3.8, 4) is 0 Å². The number of pyridine rings is 1. The molecule has 2 saturated heterocycles. The van der Waals surface area contributed by atoms with Crippen molar-refractivity contribution in [1.82, 2.24) is 19.9 Å². The zero-order valence-corrected chi connectivity index (χ0v) is 14.8. The second-order valence-electron chi connectivity index (χ2n) is 7.39. The minimum Gasteiger partial charge on any atom is -0.369 e. The number of piperidine rings is 2. The van der Waals surface area contributed by atoms with Gasteiger partial charge in [0.15, 0.2) is 5.65 Å². The van der Waals surface area contributed by atoms with Crippen molar-refractivity contribution in [3.63, 3.8) is 0 Å². The van der Waals surface area contributed by atoms with E-state index in [0.717, 1.165) is 69.0 Å². The number of carbonyl (C=O) groups is 1. The maximum absolute atomic E-state index is 12.9. The van der Waals surface area contributed by atoms with Crippen molar-refractivity contribution in [1.29, 1.82) is 0 Å². The van der Waals surface area contributed by atoms with Crippen molar-refractivity contribution in [2.45, 2.75) is 32.6 Å². The number of nitrogens with zero attached hydrogens (tertiary/aromatic N) is 5. The van der Waals surface area contributed by atoms with Crippen LogP contribution >= 0.6 is 0 Å². The predicted octanol–water partition coefficient (Wildman–Crippen LogP) is 2.50. The lowest BCUT2D eigenvalue weighted by atomic mass is 9.93. The number of carbonyl (C=O) groups excluding carboxylic acids is 1. The molecular weight excluding hydrogens is 314 g/mol. The number of aromatic nitrogens is 3. The summed E-state index contributed by atoms with van der Waals surface area (Å²) in [5.74, 6) is 1.18. The van der Waals surface area contributed by atoms with Crippen molar-refractivity contribution in [2.75, 3.05) is 31.1 Å². The number of hydrogen-bond donors (Lipinski definition) is 0. The van der Waals surface area contributed by atoms with Crippen LogP contribution in [0.5, 0.6) is 0 Å². The third kappa shape index (κ3) is 3.43. The van der Waals surface area contributed by atoms with Crippen LogP contribution in [0, 0.1) is 11.8 Å². The topological polar surface area (TPSA) is 62.2 Å². The average molecular weight is 339 g/mol. The van der Waals surface area contributed by atoms with Crippen LogP contribution in [0.1, 0.15) is 32.6 Å². The quantitative estimate of drug-likeness (QED) is 0.841. The van der Waals surface area contributed by atoms with E-state index in [9.17, 15) is 4.79 Å². The molecule has 1 atom stereocenters. The van der Waals surface area contributed by atoms with Gasteiger partial charge < -0.3 is 9.80 Å². The molecular formula is C19H25N5O. The molecule has 1 unspecified atom stereocenters. The van der Waals surface area contributed by atoms with E-state index >= 15 is 0 Å². The van der Waals surface area contributed by atoms with E-state index in [-0.39, 0.29) is 5.92 Å². The Bertz CT molecular complexity index is 756. The Morgan fingerprint density at radius 1 is 1.08 bits per heavy atom. The van der Waals surface area contributed by atoms with Crippen LogP contribution in [0.25, 0.3) is 11.2 Å². The molecule has 0 saturated carbocycles. The Hall–Kier alpha value is -2.24. The number of anilines is 1. The highest BCUT2D eigenvalue weighted by Crippen LogP contribution is 2.27.